The van der Waals surface area contributed by atoms with Gasteiger partial charge in [0.2, 0.25) is 0 Å². The van der Waals surface area contributed by atoms with Gasteiger partial charge in [0.1, 0.15) is 5.82 Å². The number of hydrogen-bond donors (Lipinski definition) is 2. The molecule has 0 atom stereocenters. The first-order valence-electron chi connectivity index (χ1n) is 9.10. The molecule has 2 rings (SSSR count). The lowest BCUT2D eigenvalue weighted by Gasteiger charge is -2.12. The van der Waals surface area contributed by atoms with Crippen molar-refractivity contribution in [2.45, 2.75) is 19.9 Å². The fraction of sp³-hybridized carbons (Fsp3) is 0.474. The highest BCUT2D eigenvalue weighted by Gasteiger charge is 2.05. The second-order valence-electron chi connectivity index (χ2n) is 5.84. The summed E-state index contributed by atoms with van der Waals surface area (Å²) in [6, 6.07) is 5.11. The molecule has 0 aliphatic heterocycles. The maximum atomic E-state index is 14.3. The third kappa shape index (κ3) is 7.36. The molecule has 0 radical (unpaired) electrons. The molecule has 0 saturated heterocycles. The SMILES string of the molecule is CCNC(=NCc1ccc(-n2ccnc2)c(F)c1)NCCCOCCOC. The van der Waals surface area contributed by atoms with Crippen LogP contribution in [0.25, 0.3) is 5.69 Å². The third-order valence-electron chi connectivity index (χ3n) is 3.75. The molecular formula is C19H28FN5O2. The van der Waals surface area contributed by atoms with Gasteiger partial charge >= 0.3 is 0 Å². The fourth-order valence-corrected chi connectivity index (χ4v) is 2.40. The van der Waals surface area contributed by atoms with Crippen LogP contribution in [0.15, 0.2) is 41.9 Å². The standard InChI is InChI=1S/C19H28FN5O2/c1-3-22-19(23-7-4-10-27-12-11-26-2)24-14-16-5-6-18(17(20)13-16)25-9-8-21-15-25/h5-6,8-9,13,15H,3-4,7,10-12,14H2,1-2H3,(H2,22,23,24). The van der Waals surface area contributed by atoms with E-state index in [-0.39, 0.29) is 5.82 Å². The highest BCUT2D eigenvalue weighted by Crippen LogP contribution is 2.15. The summed E-state index contributed by atoms with van der Waals surface area (Å²) in [6.07, 6.45) is 5.77. The number of hydrogen-bond acceptors (Lipinski definition) is 4. The van der Waals surface area contributed by atoms with Crippen LogP contribution in [0.5, 0.6) is 0 Å². The lowest BCUT2D eigenvalue weighted by Crippen LogP contribution is -2.38. The van der Waals surface area contributed by atoms with E-state index in [0.29, 0.717) is 38.0 Å². The minimum Gasteiger partial charge on any atom is -0.382 e. The molecule has 2 N–H and O–H groups in total. The molecule has 0 aliphatic carbocycles. The normalized spacial score (nSPS) is 11.6. The quantitative estimate of drug-likeness (QED) is 0.357. The Bertz CT molecular complexity index is 691. The zero-order valence-corrected chi connectivity index (χ0v) is 15.9. The molecular weight excluding hydrogens is 349 g/mol. The maximum absolute atomic E-state index is 14.3. The van der Waals surface area contributed by atoms with Gasteiger partial charge in [0.05, 0.1) is 31.8 Å². The lowest BCUT2D eigenvalue weighted by atomic mass is 10.2. The number of rotatable bonds is 11. The first-order chi connectivity index (χ1) is 13.2. The summed E-state index contributed by atoms with van der Waals surface area (Å²) in [4.78, 5) is 8.45. The van der Waals surface area contributed by atoms with Crippen molar-refractivity contribution >= 4 is 5.96 Å². The molecule has 1 aromatic heterocycles. The van der Waals surface area contributed by atoms with Crippen LogP contribution >= 0.6 is 0 Å². The summed E-state index contributed by atoms with van der Waals surface area (Å²) in [6.45, 7) is 5.76. The summed E-state index contributed by atoms with van der Waals surface area (Å²) in [5.74, 6) is 0.403. The van der Waals surface area contributed by atoms with Crippen molar-refractivity contribution in [3.63, 3.8) is 0 Å². The third-order valence-corrected chi connectivity index (χ3v) is 3.75. The molecule has 0 spiro atoms. The number of halogens is 1. The van der Waals surface area contributed by atoms with E-state index in [9.17, 15) is 4.39 Å². The Morgan fingerprint density at radius 3 is 2.85 bits per heavy atom. The molecule has 7 nitrogen and oxygen atoms in total. The number of nitrogens with zero attached hydrogens (tertiary/aromatic N) is 3. The smallest absolute Gasteiger partial charge is 0.191 e. The number of aromatic nitrogens is 2. The van der Waals surface area contributed by atoms with Gasteiger partial charge in [-0.15, -0.1) is 0 Å². The molecule has 2 aromatic rings. The number of ether oxygens (including phenoxy) is 2. The molecule has 0 unspecified atom stereocenters. The Hall–Kier alpha value is -2.45. The van der Waals surface area contributed by atoms with Crippen LogP contribution in [0.3, 0.4) is 0 Å². The van der Waals surface area contributed by atoms with Gasteiger partial charge in [-0.1, -0.05) is 6.07 Å². The van der Waals surface area contributed by atoms with Gasteiger partial charge < -0.3 is 24.7 Å². The summed E-state index contributed by atoms with van der Waals surface area (Å²) >= 11 is 0. The largest absolute Gasteiger partial charge is 0.382 e. The van der Waals surface area contributed by atoms with E-state index >= 15 is 0 Å². The highest BCUT2D eigenvalue weighted by atomic mass is 19.1. The van der Waals surface area contributed by atoms with Crippen LogP contribution in [0.4, 0.5) is 4.39 Å². The van der Waals surface area contributed by atoms with E-state index in [1.165, 1.54) is 6.07 Å². The fourth-order valence-electron chi connectivity index (χ4n) is 2.40. The van der Waals surface area contributed by atoms with Crippen LogP contribution in [0.1, 0.15) is 18.9 Å². The molecule has 0 amide bonds. The van der Waals surface area contributed by atoms with Gasteiger partial charge in [-0.25, -0.2) is 14.4 Å². The Kier molecular flexibility index (Phi) is 9.29. The maximum Gasteiger partial charge on any atom is 0.191 e. The number of methoxy groups -OCH3 is 1. The summed E-state index contributed by atoms with van der Waals surface area (Å²) in [5.41, 5.74) is 1.27. The van der Waals surface area contributed by atoms with E-state index in [1.807, 2.05) is 13.0 Å². The van der Waals surface area contributed by atoms with E-state index in [2.05, 4.69) is 20.6 Å². The predicted molar refractivity (Wildman–Crippen MR) is 104 cm³/mol. The van der Waals surface area contributed by atoms with Gasteiger partial charge in [-0.05, 0) is 31.0 Å². The summed E-state index contributed by atoms with van der Waals surface area (Å²) in [5, 5.41) is 6.44. The van der Waals surface area contributed by atoms with Gasteiger partial charge in [0, 0.05) is 39.2 Å². The van der Waals surface area contributed by atoms with Crippen LogP contribution in [-0.4, -0.2) is 55.5 Å². The summed E-state index contributed by atoms with van der Waals surface area (Å²) in [7, 11) is 1.65. The molecule has 1 aromatic carbocycles. The van der Waals surface area contributed by atoms with Crippen LogP contribution < -0.4 is 10.6 Å². The molecule has 0 saturated carbocycles. The topological polar surface area (TPSA) is 72.7 Å². The Balaban J connectivity index is 1.84. The Labute approximate surface area is 159 Å². The molecule has 0 aliphatic rings. The van der Waals surface area contributed by atoms with Crippen LogP contribution in [-0.2, 0) is 16.0 Å². The number of guanidine groups is 1. The molecule has 27 heavy (non-hydrogen) atoms. The Morgan fingerprint density at radius 2 is 2.15 bits per heavy atom. The van der Waals surface area contributed by atoms with E-state index in [4.69, 9.17) is 9.47 Å². The van der Waals surface area contributed by atoms with Gasteiger partial charge in [-0.2, -0.15) is 0 Å². The van der Waals surface area contributed by atoms with Crippen molar-refractivity contribution in [2.24, 2.45) is 4.99 Å². The minimum absolute atomic E-state index is 0.299. The first-order valence-corrected chi connectivity index (χ1v) is 9.10. The van der Waals surface area contributed by atoms with Crippen molar-refractivity contribution in [3.8, 4) is 5.69 Å². The van der Waals surface area contributed by atoms with Crippen molar-refractivity contribution in [3.05, 3.63) is 48.3 Å². The molecule has 0 fully saturated rings. The van der Waals surface area contributed by atoms with E-state index in [0.717, 1.165) is 25.1 Å². The van der Waals surface area contributed by atoms with Crippen molar-refractivity contribution in [2.75, 3.05) is 40.0 Å². The zero-order valence-electron chi connectivity index (χ0n) is 15.9. The van der Waals surface area contributed by atoms with Gasteiger partial charge in [-0.3, -0.25) is 0 Å². The summed E-state index contributed by atoms with van der Waals surface area (Å²) < 4.78 is 26.3. The molecule has 1 heterocycles. The van der Waals surface area contributed by atoms with Gasteiger partial charge in [0.15, 0.2) is 5.96 Å². The van der Waals surface area contributed by atoms with E-state index in [1.54, 1.807) is 36.5 Å². The van der Waals surface area contributed by atoms with Crippen molar-refractivity contribution in [1.82, 2.24) is 20.2 Å². The number of nitrogens with one attached hydrogen (secondary N) is 2. The lowest BCUT2D eigenvalue weighted by molar-refractivity contribution is 0.0698. The van der Waals surface area contributed by atoms with Crippen LogP contribution in [0.2, 0.25) is 0 Å². The first kappa shape index (κ1) is 20.9. The molecule has 0 bridgehead atoms. The van der Waals surface area contributed by atoms with E-state index < -0.39 is 0 Å². The highest BCUT2D eigenvalue weighted by molar-refractivity contribution is 5.79. The van der Waals surface area contributed by atoms with Crippen molar-refractivity contribution in [1.29, 1.82) is 0 Å². The average Bonchev–Trinajstić information content (AvgIpc) is 3.19. The number of benzene rings is 1. The number of aliphatic imine (C=N–C) groups is 1. The average molecular weight is 377 g/mol. The molecule has 8 heteroatoms. The second kappa shape index (κ2) is 12.0. The minimum atomic E-state index is -0.299. The predicted octanol–water partition coefficient (Wildman–Crippen LogP) is 2.12. The number of imidazole rings is 1. The second-order valence-corrected chi connectivity index (χ2v) is 5.84. The van der Waals surface area contributed by atoms with Gasteiger partial charge in [0.25, 0.3) is 0 Å². The molecule has 148 valence electrons. The van der Waals surface area contributed by atoms with Crippen molar-refractivity contribution < 1.29 is 13.9 Å². The monoisotopic (exact) mass is 377 g/mol. The zero-order chi connectivity index (χ0) is 19.3. The van der Waals surface area contributed by atoms with Crippen LogP contribution in [0, 0.1) is 5.82 Å². The Morgan fingerprint density at radius 1 is 1.26 bits per heavy atom.